The monoisotopic (exact) mass is 296 g/mol. The maximum absolute atomic E-state index is 12.2. The molecule has 108 valence electrons. The van der Waals surface area contributed by atoms with Gasteiger partial charge in [-0.1, -0.05) is 11.6 Å². The Balaban J connectivity index is 2.04. The lowest BCUT2D eigenvalue weighted by atomic mass is 10.2. The molecule has 1 aliphatic heterocycles. The fourth-order valence-electron chi connectivity index (χ4n) is 2.16. The topological polar surface area (TPSA) is 79.5 Å². The van der Waals surface area contributed by atoms with E-state index in [-0.39, 0.29) is 29.1 Å². The largest absolute Gasteiger partial charge is 0.397 e. The molecule has 20 heavy (non-hydrogen) atoms. The van der Waals surface area contributed by atoms with Gasteiger partial charge in [-0.25, -0.2) is 4.98 Å². The molecule has 0 aromatic carbocycles. The summed E-state index contributed by atoms with van der Waals surface area (Å²) >= 11 is 5.89. The molecule has 0 unspecified atom stereocenters. The third kappa shape index (κ3) is 3.19. The standard InChI is InChI=1S/C13H17ClN4O2/c1-17(8-11(19)18-4-2-3-5-18)13(20)10-6-9(15)7-16-12(10)14/h6-7H,2-5,8,15H2,1H3. The summed E-state index contributed by atoms with van der Waals surface area (Å²) in [5, 5.41) is 0.0877. The molecule has 6 nitrogen and oxygen atoms in total. The molecule has 2 amide bonds. The Morgan fingerprint density at radius 2 is 2.10 bits per heavy atom. The first kappa shape index (κ1) is 14.6. The zero-order valence-electron chi connectivity index (χ0n) is 11.3. The maximum Gasteiger partial charge on any atom is 0.257 e. The minimum Gasteiger partial charge on any atom is -0.397 e. The zero-order chi connectivity index (χ0) is 14.7. The number of likely N-dealkylation sites (N-methyl/N-ethyl adjacent to an activating group) is 1. The van der Waals surface area contributed by atoms with E-state index in [0.29, 0.717) is 5.69 Å². The van der Waals surface area contributed by atoms with E-state index in [9.17, 15) is 9.59 Å². The van der Waals surface area contributed by atoms with E-state index in [1.165, 1.54) is 17.2 Å². The highest BCUT2D eigenvalue weighted by Crippen LogP contribution is 2.17. The number of anilines is 1. The Labute approximate surface area is 122 Å². The molecule has 1 saturated heterocycles. The number of pyridine rings is 1. The van der Waals surface area contributed by atoms with Crippen molar-refractivity contribution in [2.24, 2.45) is 0 Å². The summed E-state index contributed by atoms with van der Waals surface area (Å²) in [6.45, 7) is 1.56. The number of nitrogen functional groups attached to an aromatic ring is 1. The molecule has 1 fully saturated rings. The quantitative estimate of drug-likeness (QED) is 0.844. The van der Waals surface area contributed by atoms with Crippen molar-refractivity contribution in [3.8, 4) is 0 Å². The number of halogens is 1. The highest BCUT2D eigenvalue weighted by molar-refractivity contribution is 6.32. The highest BCUT2D eigenvalue weighted by Gasteiger charge is 2.23. The zero-order valence-corrected chi connectivity index (χ0v) is 12.1. The van der Waals surface area contributed by atoms with Gasteiger partial charge in [-0.2, -0.15) is 0 Å². The van der Waals surface area contributed by atoms with E-state index in [0.717, 1.165) is 25.9 Å². The molecule has 0 bridgehead atoms. The third-order valence-corrected chi connectivity index (χ3v) is 3.57. The summed E-state index contributed by atoms with van der Waals surface area (Å²) in [4.78, 5) is 31.2. The second-order valence-corrected chi connectivity index (χ2v) is 5.21. The number of nitrogens with zero attached hydrogens (tertiary/aromatic N) is 3. The van der Waals surface area contributed by atoms with E-state index in [1.54, 1.807) is 11.9 Å². The Bertz CT molecular complexity index is 529. The second kappa shape index (κ2) is 6.09. The van der Waals surface area contributed by atoms with Crippen molar-refractivity contribution < 1.29 is 9.59 Å². The van der Waals surface area contributed by atoms with Crippen LogP contribution in [0.4, 0.5) is 5.69 Å². The van der Waals surface area contributed by atoms with E-state index in [4.69, 9.17) is 17.3 Å². The van der Waals surface area contributed by atoms with Gasteiger partial charge in [0.15, 0.2) is 0 Å². The highest BCUT2D eigenvalue weighted by atomic mass is 35.5. The molecule has 1 aromatic heterocycles. The van der Waals surface area contributed by atoms with Gasteiger partial charge >= 0.3 is 0 Å². The second-order valence-electron chi connectivity index (χ2n) is 4.86. The van der Waals surface area contributed by atoms with Crippen LogP contribution in [0.15, 0.2) is 12.3 Å². The van der Waals surface area contributed by atoms with Crippen LogP contribution in [0.25, 0.3) is 0 Å². The Hall–Kier alpha value is -1.82. The number of aromatic nitrogens is 1. The van der Waals surface area contributed by atoms with Gasteiger partial charge in [-0.05, 0) is 18.9 Å². The van der Waals surface area contributed by atoms with E-state index in [1.807, 2.05) is 0 Å². The molecule has 0 atom stereocenters. The van der Waals surface area contributed by atoms with E-state index in [2.05, 4.69) is 4.98 Å². The molecule has 1 aromatic rings. The van der Waals surface area contributed by atoms with Gasteiger partial charge in [0.2, 0.25) is 5.91 Å². The fourth-order valence-corrected chi connectivity index (χ4v) is 2.35. The minimum atomic E-state index is -0.359. The average molecular weight is 297 g/mol. The van der Waals surface area contributed by atoms with E-state index >= 15 is 0 Å². The van der Waals surface area contributed by atoms with Crippen LogP contribution in [0.2, 0.25) is 5.15 Å². The molecule has 0 saturated carbocycles. The average Bonchev–Trinajstić information content (AvgIpc) is 2.94. The van der Waals surface area contributed by atoms with Crippen LogP contribution in [0, 0.1) is 0 Å². The van der Waals surface area contributed by atoms with Crippen molar-refractivity contribution in [1.82, 2.24) is 14.8 Å². The third-order valence-electron chi connectivity index (χ3n) is 3.27. The summed E-state index contributed by atoms with van der Waals surface area (Å²) < 4.78 is 0. The molecule has 7 heteroatoms. The number of nitrogens with two attached hydrogens (primary N) is 1. The molecule has 0 radical (unpaired) electrons. The Morgan fingerprint density at radius 1 is 1.45 bits per heavy atom. The molecular weight excluding hydrogens is 280 g/mol. The normalized spacial score (nSPS) is 14.4. The molecular formula is C13H17ClN4O2. The molecule has 2 heterocycles. The SMILES string of the molecule is CN(CC(=O)N1CCCC1)C(=O)c1cc(N)cnc1Cl. The summed E-state index contributed by atoms with van der Waals surface area (Å²) in [5.74, 6) is -0.409. The van der Waals surface area contributed by atoms with Gasteiger partial charge < -0.3 is 15.5 Å². The summed E-state index contributed by atoms with van der Waals surface area (Å²) in [5.41, 5.74) is 6.17. The first-order chi connectivity index (χ1) is 9.49. The van der Waals surface area contributed by atoms with Crippen molar-refractivity contribution in [1.29, 1.82) is 0 Å². The van der Waals surface area contributed by atoms with Gasteiger partial charge in [0.1, 0.15) is 5.15 Å². The van der Waals surface area contributed by atoms with Gasteiger partial charge in [-0.3, -0.25) is 9.59 Å². The number of hydrogen-bond donors (Lipinski definition) is 1. The van der Waals surface area contributed by atoms with Crippen LogP contribution in [-0.4, -0.2) is 53.3 Å². The lowest BCUT2D eigenvalue weighted by Crippen LogP contribution is -2.40. The van der Waals surface area contributed by atoms with Gasteiger partial charge in [0.25, 0.3) is 5.91 Å². The predicted octanol–water partition coefficient (Wildman–Crippen LogP) is 1.01. The number of amides is 2. The van der Waals surface area contributed by atoms with Crippen LogP contribution >= 0.6 is 11.6 Å². The van der Waals surface area contributed by atoms with Crippen molar-refractivity contribution in [3.05, 3.63) is 23.0 Å². The van der Waals surface area contributed by atoms with Crippen LogP contribution in [0.1, 0.15) is 23.2 Å². The molecule has 2 N–H and O–H groups in total. The minimum absolute atomic E-state index is 0.0317. The lowest BCUT2D eigenvalue weighted by molar-refractivity contribution is -0.130. The summed E-state index contributed by atoms with van der Waals surface area (Å²) in [6.07, 6.45) is 3.43. The number of hydrogen-bond acceptors (Lipinski definition) is 4. The Morgan fingerprint density at radius 3 is 2.75 bits per heavy atom. The summed E-state index contributed by atoms with van der Waals surface area (Å²) in [6, 6.07) is 1.47. The van der Waals surface area contributed by atoms with Crippen molar-refractivity contribution in [2.45, 2.75) is 12.8 Å². The fraction of sp³-hybridized carbons (Fsp3) is 0.462. The molecule has 0 aliphatic carbocycles. The number of rotatable bonds is 3. The van der Waals surface area contributed by atoms with Gasteiger partial charge in [0, 0.05) is 20.1 Å². The predicted molar refractivity (Wildman–Crippen MR) is 76.4 cm³/mol. The van der Waals surface area contributed by atoms with Crippen LogP contribution in [0.3, 0.4) is 0 Å². The smallest absolute Gasteiger partial charge is 0.257 e. The number of carbonyl (C=O) groups excluding carboxylic acids is 2. The molecule has 2 rings (SSSR count). The van der Waals surface area contributed by atoms with Crippen LogP contribution in [-0.2, 0) is 4.79 Å². The van der Waals surface area contributed by atoms with Gasteiger partial charge in [0.05, 0.1) is 24.0 Å². The molecule has 1 aliphatic rings. The lowest BCUT2D eigenvalue weighted by Gasteiger charge is -2.21. The van der Waals surface area contributed by atoms with Crippen molar-refractivity contribution in [2.75, 3.05) is 32.4 Å². The molecule has 0 spiro atoms. The van der Waals surface area contributed by atoms with Crippen LogP contribution in [0.5, 0.6) is 0 Å². The number of likely N-dealkylation sites (tertiary alicyclic amines) is 1. The van der Waals surface area contributed by atoms with Crippen molar-refractivity contribution >= 4 is 29.1 Å². The summed E-state index contributed by atoms with van der Waals surface area (Å²) in [7, 11) is 1.57. The first-order valence-electron chi connectivity index (χ1n) is 6.43. The van der Waals surface area contributed by atoms with Crippen molar-refractivity contribution in [3.63, 3.8) is 0 Å². The first-order valence-corrected chi connectivity index (χ1v) is 6.81. The van der Waals surface area contributed by atoms with Crippen LogP contribution < -0.4 is 5.73 Å². The van der Waals surface area contributed by atoms with E-state index < -0.39 is 0 Å². The Kier molecular flexibility index (Phi) is 4.44. The maximum atomic E-state index is 12.2. The number of carbonyl (C=O) groups is 2. The van der Waals surface area contributed by atoms with Gasteiger partial charge in [-0.15, -0.1) is 0 Å².